The Labute approximate surface area is 150 Å². The second-order valence-electron chi connectivity index (χ2n) is 6.51. The van der Waals surface area contributed by atoms with Gasteiger partial charge in [0.15, 0.2) is 0 Å². The Hall–Kier alpha value is -2.87. The van der Waals surface area contributed by atoms with E-state index in [2.05, 4.69) is 15.8 Å². The van der Waals surface area contributed by atoms with Crippen LogP contribution in [0.5, 0.6) is 5.75 Å². The molecule has 1 aromatic heterocycles. The van der Waals surface area contributed by atoms with Crippen LogP contribution in [0.3, 0.4) is 0 Å². The lowest BCUT2D eigenvalue weighted by Gasteiger charge is -2.31. The van der Waals surface area contributed by atoms with Gasteiger partial charge in [-0.05, 0) is 49.9 Å². The Bertz CT molecular complexity index is 789. The number of aromatic hydroxyl groups is 1. The molecule has 1 aliphatic rings. The molecule has 0 saturated carbocycles. The van der Waals surface area contributed by atoms with Gasteiger partial charge in [-0.2, -0.15) is 0 Å². The Balaban J connectivity index is 1.60. The smallest absolute Gasteiger partial charge is 0.374 e. The number of phenolic OH excluding ortho intramolecular Hbond substituents is 1. The fourth-order valence-corrected chi connectivity index (χ4v) is 3.30. The van der Waals surface area contributed by atoms with Gasteiger partial charge in [0.25, 0.3) is 0 Å². The van der Waals surface area contributed by atoms with Crippen molar-refractivity contribution in [1.82, 2.24) is 10.5 Å². The van der Waals surface area contributed by atoms with Gasteiger partial charge in [-0.25, -0.2) is 4.79 Å². The Morgan fingerprint density at radius 3 is 2.88 bits per heavy atom. The molecule has 1 amide bonds. The lowest BCUT2D eigenvalue weighted by Crippen LogP contribution is -2.39. The van der Waals surface area contributed by atoms with Crippen LogP contribution in [0, 0.1) is 11.8 Å². The number of anilines is 1. The second kappa shape index (κ2) is 8.01. The van der Waals surface area contributed by atoms with Crippen molar-refractivity contribution < 1.29 is 24.3 Å². The molecule has 8 nitrogen and oxygen atoms in total. The van der Waals surface area contributed by atoms with E-state index in [9.17, 15) is 14.7 Å². The van der Waals surface area contributed by atoms with Gasteiger partial charge in [0.05, 0.1) is 5.69 Å². The number of nitrogens with one attached hydrogen (secondary N) is 2. The summed E-state index contributed by atoms with van der Waals surface area (Å²) in [5, 5.41) is 28.3. The third-order valence-corrected chi connectivity index (χ3v) is 4.58. The van der Waals surface area contributed by atoms with Gasteiger partial charge in [-0.3, -0.25) is 4.79 Å². The van der Waals surface area contributed by atoms with E-state index in [0.29, 0.717) is 24.2 Å². The molecule has 0 aliphatic carbocycles. The molecular formula is C18H21N3O5. The van der Waals surface area contributed by atoms with Crippen LogP contribution in [0.4, 0.5) is 5.69 Å². The summed E-state index contributed by atoms with van der Waals surface area (Å²) in [6.07, 6.45) is 1.75. The van der Waals surface area contributed by atoms with E-state index < -0.39 is 5.97 Å². The predicted molar refractivity (Wildman–Crippen MR) is 93.0 cm³/mol. The van der Waals surface area contributed by atoms with Crippen LogP contribution in [-0.2, 0) is 11.2 Å². The van der Waals surface area contributed by atoms with Crippen molar-refractivity contribution in [3.05, 3.63) is 41.8 Å². The maximum atomic E-state index is 12.4. The molecule has 2 atom stereocenters. The molecule has 138 valence electrons. The van der Waals surface area contributed by atoms with Crippen LogP contribution in [0.2, 0.25) is 0 Å². The monoisotopic (exact) mass is 359 g/mol. The molecule has 3 rings (SSSR count). The largest absolute Gasteiger partial charge is 0.508 e. The fourth-order valence-electron chi connectivity index (χ4n) is 3.30. The van der Waals surface area contributed by atoms with Crippen molar-refractivity contribution >= 4 is 17.6 Å². The third kappa shape index (κ3) is 4.60. The number of carbonyl (C=O) groups is 2. The molecule has 1 fully saturated rings. The summed E-state index contributed by atoms with van der Waals surface area (Å²) in [6.45, 7) is 1.57. The number of amides is 1. The quantitative estimate of drug-likeness (QED) is 0.620. The van der Waals surface area contributed by atoms with Crippen molar-refractivity contribution in [2.45, 2.75) is 19.3 Å². The van der Waals surface area contributed by atoms with E-state index in [1.54, 1.807) is 18.2 Å². The Morgan fingerprint density at radius 1 is 1.31 bits per heavy atom. The van der Waals surface area contributed by atoms with Crippen molar-refractivity contribution in [3.8, 4) is 5.75 Å². The number of hydrogen-bond acceptors (Lipinski definition) is 6. The van der Waals surface area contributed by atoms with Gasteiger partial charge in [-0.15, -0.1) is 0 Å². The number of phenols is 1. The highest BCUT2D eigenvalue weighted by Gasteiger charge is 2.28. The van der Waals surface area contributed by atoms with E-state index in [0.717, 1.165) is 19.5 Å². The van der Waals surface area contributed by atoms with Crippen LogP contribution in [0.1, 0.15) is 29.1 Å². The van der Waals surface area contributed by atoms with E-state index in [4.69, 9.17) is 9.63 Å². The minimum Gasteiger partial charge on any atom is -0.508 e. The average Bonchev–Trinajstić information content (AvgIpc) is 3.05. The van der Waals surface area contributed by atoms with Crippen LogP contribution in [0.25, 0.3) is 0 Å². The van der Waals surface area contributed by atoms with Gasteiger partial charge in [0, 0.05) is 24.2 Å². The fraction of sp³-hybridized carbons (Fsp3) is 0.389. The number of carbonyl (C=O) groups excluding carboxylic acids is 1. The number of rotatable bonds is 6. The Morgan fingerprint density at radius 2 is 2.15 bits per heavy atom. The van der Waals surface area contributed by atoms with Gasteiger partial charge in [0.1, 0.15) is 5.75 Å². The zero-order valence-corrected chi connectivity index (χ0v) is 14.1. The number of hydrogen-bond donors (Lipinski definition) is 4. The van der Waals surface area contributed by atoms with Crippen LogP contribution < -0.4 is 10.6 Å². The van der Waals surface area contributed by atoms with Crippen molar-refractivity contribution in [2.75, 3.05) is 18.4 Å². The first-order valence-electron chi connectivity index (χ1n) is 8.50. The van der Waals surface area contributed by atoms with Gasteiger partial charge in [-0.1, -0.05) is 11.2 Å². The zero-order valence-electron chi connectivity index (χ0n) is 14.1. The highest BCUT2D eigenvalue weighted by atomic mass is 16.5. The molecule has 2 heterocycles. The lowest BCUT2D eigenvalue weighted by atomic mass is 9.81. The lowest BCUT2D eigenvalue weighted by molar-refractivity contribution is -0.117. The molecule has 1 saturated heterocycles. The minimum atomic E-state index is -1.15. The van der Waals surface area contributed by atoms with Crippen molar-refractivity contribution in [1.29, 1.82) is 0 Å². The van der Waals surface area contributed by atoms with E-state index >= 15 is 0 Å². The first kappa shape index (κ1) is 17.9. The van der Waals surface area contributed by atoms with E-state index in [1.807, 2.05) is 0 Å². The van der Waals surface area contributed by atoms with Crippen molar-refractivity contribution in [2.24, 2.45) is 11.8 Å². The standard InChI is InChI=1S/C18H21N3O5/c22-15-3-1-2-13(8-15)20-17(23)7-11-4-5-19-10-12(11)6-14-9-16(18(24)25)26-21-14/h1-3,8-9,11-12,19,22H,4-7,10H2,(H,20,23)(H,24,25). The molecule has 4 N–H and O–H groups in total. The molecule has 0 bridgehead atoms. The van der Waals surface area contributed by atoms with E-state index in [-0.39, 0.29) is 29.3 Å². The third-order valence-electron chi connectivity index (χ3n) is 4.58. The maximum absolute atomic E-state index is 12.4. The van der Waals surface area contributed by atoms with E-state index in [1.165, 1.54) is 12.1 Å². The van der Waals surface area contributed by atoms with Crippen molar-refractivity contribution in [3.63, 3.8) is 0 Å². The molecule has 8 heteroatoms. The number of piperidine rings is 1. The molecule has 26 heavy (non-hydrogen) atoms. The topological polar surface area (TPSA) is 125 Å². The minimum absolute atomic E-state index is 0.0998. The van der Waals surface area contributed by atoms with Crippen LogP contribution in [-0.4, -0.2) is 40.3 Å². The average molecular weight is 359 g/mol. The Kier molecular flexibility index (Phi) is 5.52. The first-order valence-corrected chi connectivity index (χ1v) is 8.50. The van der Waals surface area contributed by atoms with Gasteiger partial charge >= 0.3 is 5.97 Å². The number of aromatic nitrogens is 1. The number of carboxylic acids is 1. The second-order valence-corrected chi connectivity index (χ2v) is 6.51. The summed E-state index contributed by atoms with van der Waals surface area (Å²) in [4.78, 5) is 23.3. The summed E-state index contributed by atoms with van der Waals surface area (Å²) in [5.41, 5.74) is 1.14. The van der Waals surface area contributed by atoms with Gasteiger partial charge < -0.3 is 25.4 Å². The molecule has 2 unspecified atom stereocenters. The molecular weight excluding hydrogens is 338 g/mol. The molecule has 1 aliphatic heterocycles. The number of nitrogens with zero attached hydrogens (tertiary/aromatic N) is 1. The highest BCUT2D eigenvalue weighted by molar-refractivity contribution is 5.91. The summed E-state index contributed by atoms with van der Waals surface area (Å²) in [7, 11) is 0. The SMILES string of the molecule is O=C(CC1CCNCC1Cc1cc(C(=O)O)on1)Nc1cccc(O)c1. The maximum Gasteiger partial charge on any atom is 0.374 e. The molecule has 0 spiro atoms. The molecule has 0 radical (unpaired) electrons. The zero-order chi connectivity index (χ0) is 18.5. The summed E-state index contributed by atoms with van der Waals surface area (Å²) >= 11 is 0. The number of aromatic carboxylic acids is 1. The van der Waals surface area contributed by atoms with Crippen LogP contribution >= 0.6 is 0 Å². The summed E-state index contributed by atoms with van der Waals surface area (Å²) < 4.78 is 4.80. The normalized spacial score (nSPS) is 19.8. The predicted octanol–water partition coefficient (Wildman–Crippen LogP) is 1.88. The summed E-state index contributed by atoms with van der Waals surface area (Å²) in [5.74, 6) is -1.03. The van der Waals surface area contributed by atoms with Gasteiger partial charge in [0.2, 0.25) is 11.7 Å². The summed E-state index contributed by atoms with van der Waals surface area (Å²) in [6, 6.07) is 7.87. The number of carboxylic acid groups (broad SMARTS) is 1. The molecule has 2 aromatic rings. The van der Waals surface area contributed by atoms with Crippen LogP contribution in [0.15, 0.2) is 34.9 Å². The highest BCUT2D eigenvalue weighted by Crippen LogP contribution is 2.27. The molecule has 1 aromatic carbocycles. The number of benzene rings is 1. The first-order chi connectivity index (χ1) is 12.5.